The van der Waals surface area contributed by atoms with Gasteiger partial charge in [0.25, 0.3) is 0 Å². The Balaban J connectivity index is 1.45. The molecule has 2 atom stereocenters. The molecule has 4 rings (SSSR count). The maximum atomic E-state index is 12.6. The number of pyridine rings is 1. The van der Waals surface area contributed by atoms with Crippen LogP contribution in [0, 0.1) is 0 Å². The van der Waals surface area contributed by atoms with Crippen molar-refractivity contribution in [2.45, 2.75) is 24.9 Å². The number of hydrogen-bond acceptors (Lipinski definition) is 4. The summed E-state index contributed by atoms with van der Waals surface area (Å²) in [5, 5.41) is 7.30. The minimum Gasteiger partial charge on any atom is -0.334 e. The van der Waals surface area contributed by atoms with E-state index >= 15 is 0 Å². The summed E-state index contributed by atoms with van der Waals surface area (Å²) in [5.41, 5.74) is 1.77. The SMILES string of the molecule is O=C(Nc1ccc(Cl)cc1)NC1CCN(Cc2cncc(Cl)c2)CC1c1ccc(Cl)s1. The van der Waals surface area contributed by atoms with E-state index in [1.165, 1.54) is 0 Å². The van der Waals surface area contributed by atoms with Crippen LogP contribution in [0.3, 0.4) is 0 Å². The van der Waals surface area contributed by atoms with Crippen molar-refractivity contribution < 1.29 is 4.79 Å². The minimum absolute atomic E-state index is 0.00393. The van der Waals surface area contributed by atoms with Gasteiger partial charge in [-0.3, -0.25) is 9.88 Å². The zero-order chi connectivity index (χ0) is 21.8. The van der Waals surface area contributed by atoms with Gasteiger partial charge in [-0.25, -0.2) is 4.79 Å². The quantitative estimate of drug-likeness (QED) is 0.438. The summed E-state index contributed by atoms with van der Waals surface area (Å²) in [6.45, 7) is 2.41. The van der Waals surface area contributed by atoms with E-state index in [-0.39, 0.29) is 18.0 Å². The molecule has 0 saturated carbocycles. The standard InChI is InChI=1S/C22H21Cl3N4OS/c23-15-1-3-17(4-2-15)27-22(30)28-19-7-8-29(12-14-9-16(24)11-26-10-14)13-18(19)20-5-6-21(25)31-20/h1-6,9-11,18-19H,7-8,12-13H2,(H2,27,28,30). The fraction of sp³-hybridized carbons (Fsp3) is 0.273. The van der Waals surface area contributed by atoms with Crippen molar-refractivity contribution >= 4 is 57.9 Å². The Labute approximate surface area is 200 Å². The molecule has 3 aromatic rings. The third-order valence-electron chi connectivity index (χ3n) is 5.24. The van der Waals surface area contributed by atoms with Gasteiger partial charge in [-0.05, 0) is 54.4 Å². The zero-order valence-corrected chi connectivity index (χ0v) is 19.6. The molecule has 0 radical (unpaired) electrons. The van der Waals surface area contributed by atoms with E-state index in [0.29, 0.717) is 15.7 Å². The van der Waals surface area contributed by atoms with Gasteiger partial charge in [0.15, 0.2) is 0 Å². The maximum absolute atomic E-state index is 12.6. The number of thiophene rings is 1. The van der Waals surface area contributed by atoms with Crippen LogP contribution in [0.15, 0.2) is 54.9 Å². The second-order valence-corrected chi connectivity index (χ2v) is 10.1. The lowest BCUT2D eigenvalue weighted by atomic mass is 9.90. The second kappa shape index (κ2) is 10.2. The average molecular weight is 496 g/mol. The minimum atomic E-state index is -0.229. The van der Waals surface area contributed by atoms with E-state index < -0.39 is 0 Å². The first-order valence-electron chi connectivity index (χ1n) is 9.86. The molecule has 3 heterocycles. The van der Waals surface area contributed by atoms with E-state index in [1.807, 2.05) is 24.4 Å². The monoisotopic (exact) mass is 494 g/mol. The van der Waals surface area contributed by atoms with Crippen LogP contribution >= 0.6 is 46.1 Å². The molecule has 9 heteroatoms. The molecule has 1 aromatic carbocycles. The van der Waals surface area contributed by atoms with Crippen LogP contribution in [0.2, 0.25) is 14.4 Å². The number of aromatic nitrogens is 1. The van der Waals surface area contributed by atoms with E-state index in [2.05, 4.69) is 20.5 Å². The van der Waals surface area contributed by atoms with Gasteiger partial charge in [0.1, 0.15) is 0 Å². The molecule has 1 aliphatic heterocycles. The predicted octanol–water partition coefficient (Wildman–Crippen LogP) is 6.28. The summed E-state index contributed by atoms with van der Waals surface area (Å²) in [5.74, 6) is 0.134. The molecule has 2 unspecified atom stereocenters. The molecule has 31 heavy (non-hydrogen) atoms. The number of halogens is 3. The fourth-order valence-electron chi connectivity index (χ4n) is 3.82. The lowest BCUT2D eigenvalue weighted by Crippen LogP contribution is -2.50. The molecule has 0 aliphatic carbocycles. The van der Waals surface area contributed by atoms with Crippen LogP contribution in [0.1, 0.15) is 22.8 Å². The molecule has 5 nitrogen and oxygen atoms in total. The molecule has 1 fully saturated rings. The van der Waals surface area contributed by atoms with Crippen LogP contribution in [0.25, 0.3) is 0 Å². The summed E-state index contributed by atoms with van der Waals surface area (Å²) in [4.78, 5) is 20.4. The maximum Gasteiger partial charge on any atom is 0.319 e. The molecule has 2 N–H and O–H groups in total. The van der Waals surface area contributed by atoms with Crippen molar-refractivity contribution in [1.82, 2.24) is 15.2 Å². The van der Waals surface area contributed by atoms with Crippen molar-refractivity contribution in [1.29, 1.82) is 0 Å². The second-order valence-electron chi connectivity index (χ2n) is 7.50. The number of piperidine rings is 1. The highest BCUT2D eigenvalue weighted by atomic mass is 35.5. The van der Waals surface area contributed by atoms with Crippen molar-refractivity contribution in [2.24, 2.45) is 0 Å². The Bertz CT molecular complexity index is 1040. The highest BCUT2D eigenvalue weighted by molar-refractivity contribution is 7.16. The number of benzene rings is 1. The van der Waals surface area contributed by atoms with Gasteiger partial charge in [-0.2, -0.15) is 0 Å². The first-order chi connectivity index (χ1) is 15.0. The predicted molar refractivity (Wildman–Crippen MR) is 129 cm³/mol. The van der Waals surface area contributed by atoms with Crippen LogP contribution in [0.4, 0.5) is 10.5 Å². The zero-order valence-electron chi connectivity index (χ0n) is 16.5. The third-order valence-corrected chi connectivity index (χ3v) is 7.06. The number of nitrogens with zero attached hydrogens (tertiary/aromatic N) is 2. The van der Waals surface area contributed by atoms with E-state index in [4.69, 9.17) is 34.8 Å². The Hall–Kier alpha value is -1.83. The molecule has 2 aromatic heterocycles. The number of urea groups is 1. The van der Waals surface area contributed by atoms with Gasteiger partial charge in [0.2, 0.25) is 0 Å². The number of likely N-dealkylation sites (tertiary alicyclic amines) is 1. The summed E-state index contributed by atoms with van der Waals surface area (Å²) in [6, 6.07) is 12.7. The lowest BCUT2D eigenvalue weighted by molar-refractivity contribution is 0.170. The summed E-state index contributed by atoms with van der Waals surface area (Å²) in [7, 11) is 0. The Morgan fingerprint density at radius 1 is 1.10 bits per heavy atom. The van der Waals surface area contributed by atoms with Crippen molar-refractivity contribution in [3.05, 3.63) is 79.7 Å². The number of hydrogen-bond donors (Lipinski definition) is 2. The van der Waals surface area contributed by atoms with Gasteiger partial charge in [0.05, 0.1) is 9.36 Å². The van der Waals surface area contributed by atoms with Gasteiger partial charge < -0.3 is 10.6 Å². The van der Waals surface area contributed by atoms with Crippen LogP contribution in [-0.4, -0.2) is 35.0 Å². The Morgan fingerprint density at radius 3 is 2.61 bits per heavy atom. The number of anilines is 1. The molecule has 1 aliphatic rings. The number of amides is 2. The van der Waals surface area contributed by atoms with Crippen molar-refractivity contribution in [3.63, 3.8) is 0 Å². The summed E-state index contributed by atoms with van der Waals surface area (Å²) >= 11 is 19.8. The third kappa shape index (κ3) is 6.11. The normalized spacial score (nSPS) is 19.2. The molecular weight excluding hydrogens is 475 g/mol. The van der Waals surface area contributed by atoms with Gasteiger partial charge in [0, 0.05) is 59.6 Å². The van der Waals surface area contributed by atoms with Gasteiger partial charge >= 0.3 is 6.03 Å². The highest BCUT2D eigenvalue weighted by Crippen LogP contribution is 2.34. The van der Waals surface area contributed by atoms with Gasteiger partial charge in [-0.15, -0.1) is 11.3 Å². The highest BCUT2D eigenvalue weighted by Gasteiger charge is 2.32. The van der Waals surface area contributed by atoms with Crippen molar-refractivity contribution in [2.75, 3.05) is 18.4 Å². The lowest BCUT2D eigenvalue weighted by Gasteiger charge is -2.38. The molecule has 162 valence electrons. The molecule has 1 saturated heterocycles. The number of rotatable bonds is 5. The first-order valence-corrected chi connectivity index (χ1v) is 11.8. The average Bonchev–Trinajstić information content (AvgIpc) is 3.17. The smallest absolute Gasteiger partial charge is 0.319 e. The number of nitrogens with one attached hydrogen (secondary N) is 2. The topological polar surface area (TPSA) is 57.3 Å². The fourth-order valence-corrected chi connectivity index (χ4v) is 5.36. The number of carbonyl (C=O) groups is 1. The largest absolute Gasteiger partial charge is 0.334 e. The Morgan fingerprint density at radius 2 is 1.90 bits per heavy atom. The number of carbonyl (C=O) groups excluding carboxylic acids is 1. The van der Waals surface area contributed by atoms with Crippen LogP contribution in [0.5, 0.6) is 0 Å². The first kappa shape index (κ1) is 22.4. The Kier molecular flexibility index (Phi) is 7.35. The molecular formula is C22H21Cl3N4OS. The van der Waals surface area contributed by atoms with E-state index in [0.717, 1.165) is 40.8 Å². The van der Waals surface area contributed by atoms with Crippen molar-refractivity contribution in [3.8, 4) is 0 Å². The van der Waals surface area contributed by atoms with Crippen LogP contribution in [-0.2, 0) is 6.54 Å². The van der Waals surface area contributed by atoms with Crippen LogP contribution < -0.4 is 10.6 Å². The summed E-state index contributed by atoms with van der Waals surface area (Å²) in [6.07, 6.45) is 4.30. The van der Waals surface area contributed by atoms with Gasteiger partial charge in [-0.1, -0.05) is 34.8 Å². The van der Waals surface area contributed by atoms with E-state index in [9.17, 15) is 4.79 Å². The molecule has 0 spiro atoms. The summed E-state index contributed by atoms with van der Waals surface area (Å²) < 4.78 is 0.746. The molecule has 0 bridgehead atoms. The molecule has 2 amide bonds. The van der Waals surface area contributed by atoms with E-state index in [1.54, 1.807) is 41.8 Å².